The quantitative estimate of drug-likeness (QED) is 0.427. The molecule has 160 valence electrons. The highest BCUT2D eigenvalue weighted by molar-refractivity contribution is 6.33. The van der Waals surface area contributed by atoms with E-state index in [1.807, 2.05) is 0 Å². The molecule has 1 aromatic carbocycles. The van der Waals surface area contributed by atoms with Crippen molar-refractivity contribution in [1.82, 2.24) is 19.5 Å². The van der Waals surface area contributed by atoms with Crippen LogP contribution in [0.4, 0.5) is 18.9 Å². The van der Waals surface area contributed by atoms with E-state index >= 15 is 0 Å². The molecule has 0 unspecified atom stereocenters. The maximum Gasteiger partial charge on any atom is 0.417 e. The normalized spacial score (nSPS) is 11.8. The van der Waals surface area contributed by atoms with E-state index < -0.39 is 17.7 Å². The minimum absolute atomic E-state index is 0.0486. The summed E-state index contributed by atoms with van der Waals surface area (Å²) in [4.78, 5) is 19.0. The molecule has 0 spiro atoms. The number of imidazole rings is 1. The van der Waals surface area contributed by atoms with Crippen molar-refractivity contribution in [2.75, 3.05) is 11.9 Å². The van der Waals surface area contributed by atoms with Crippen molar-refractivity contribution >= 4 is 40.5 Å². The molecule has 0 saturated heterocycles. The van der Waals surface area contributed by atoms with Gasteiger partial charge < -0.3 is 19.3 Å². The van der Waals surface area contributed by atoms with Gasteiger partial charge in [0.25, 0.3) is 5.89 Å². The molecule has 13 heteroatoms. The molecule has 3 aromatic heterocycles. The van der Waals surface area contributed by atoms with Crippen molar-refractivity contribution in [3.63, 3.8) is 0 Å². The summed E-state index contributed by atoms with van der Waals surface area (Å²) in [5.74, 6) is -0.964. The van der Waals surface area contributed by atoms with Crippen LogP contribution in [-0.4, -0.2) is 37.1 Å². The number of alkyl halides is 3. The highest BCUT2D eigenvalue weighted by Gasteiger charge is 2.32. The first kappa shape index (κ1) is 20.9. The summed E-state index contributed by atoms with van der Waals surface area (Å²) in [7, 11) is 0. The number of aliphatic carboxylic acids is 1. The van der Waals surface area contributed by atoms with Gasteiger partial charge in [0.05, 0.1) is 15.6 Å². The molecule has 8 nitrogen and oxygen atoms in total. The van der Waals surface area contributed by atoms with E-state index in [1.54, 1.807) is 12.1 Å². The molecule has 4 rings (SSSR count). The minimum atomic E-state index is -4.57. The standard InChI is InChI=1S/C18H10Cl2F3N5O3/c19-11-4-9(24-5-14(29)30)1-2-10(11)15-26-17(31-27-15)13-7-28-6-8(18(21,22)23)3-12(20)16(28)25-13/h1-4,6-7,24H,5H2,(H,29,30). The zero-order valence-corrected chi connectivity index (χ0v) is 16.6. The van der Waals surface area contributed by atoms with Crippen LogP contribution < -0.4 is 5.32 Å². The second-order valence-electron chi connectivity index (χ2n) is 6.30. The van der Waals surface area contributed by atoms with Crippen molar-refractivity contribution in [2.45, 2.75) is 6.18 Å². The molecule has 0 fully saturated rings. The zero-order chi connectivity index (χ0) is 22.3. The molecular formula is C18H10Cl2F3N5O3. The third kappa shape index (κ3) is 4.28. The van der Waals surface area contributed by atoms with Crippen molar-refractivity contribution in [1.29, 1.82) is 0 Å². The van der Waals surface area contributed by atoms with Gasteiger partial charge in [-0.25, -0.2) is 4.98 Å². The number of rotatable bonds is 5. The number of fused-ring (bicyclic) bond motifs is 1. The fourth-order valence-corrected chi connectivity index (χ4v) is 3.26. The Morgan fingerprint density at radius 3 is 2.61 bits per heavy atom. The molecule has 0 radical (unpaired) electrons. The Labute approximate surface area is 181 Å². The molecule has 0 aliphatic heterocycles. The second kappa shape index (κ2) is 7.75. The first-order valence-electron chi connectivity index (χ1n) is 8.47. The minimum Gasteiger partial charge on any atom is -0.480 e. The van der Waals surface area contributed by atoms with Crippen molar-refractivity contribution < 1.29 is 27.6 Å². The Morgan fingerprint density at radius 2 is 1.94 bits per heavy atom. The summed E-state index contributed by atoms with van der Waals surface area (Å²) in [6, 6.07) is 5.44. The number of benzene rings is 1. The Balaban J connectivity index is 1.65. The lowest BCUT2D eigenvalue weighted by Crippen LogP contribution is -2.12. The average Bonchev–Trinajstić information content (AvgIpc) is 3.32. The first-order valence-corrected chi connectivity index (χ1v) is 9.22. The lowest BCUT2D eigenvalue weighted by molar-refractivity contribution is -0.138. The number of halogens is 5. The Bertz CT molecular complexity index is 1300. The predicted octanol–water partition coefficient (Wildman–Crippen LogP) is 4.87. The van der Waals surface area contributed by atoms with E-state index in [1.165, 1.54) is 12.3 Å². The van der Waals surface area contributed by atoms with E-state index in [9.17, 15) is 18.0 Å². The summed E-state index contributed by atoms with van der Waals surface area (Å²) in [5.41, 5.74) is 0.171. The summed E-state index contributed by atoms with van der Waals surface area (Å²) in [5, 5.41) is 15.3. The third-order valence-electron chi connectivity index (χ3n) is 4.13. The van der Waals surface area contributed by atoms with Crippen LogP contribution >= 0.6 is 23.2 Å². The van der Waals surface area contributed by atoms with Crippen molar-refractivity contribution in [3.8, 4) is 23.0 Å². The molecule has 0 aliphatic carbocycles. The fraction of sp³-hybridized carbons (Fsp3) is 0.111. The number of nitrogens with one attached hydrogen (secondary N) is 1. The smallest absolute Gasteiger partial charge is 0.417 e. The van der Waals surface area contributed by atoms with Crippen LogP contribution in [0.5, 0.6) is 0 Å². The van der Waals surface area contributed by atoms with E-state index in [2.05, 4.69) is 20.4 Å². The summed E-state index contributed by atoms with van der Waals surface area (Å²) < 4.78 is 45.3. The van der Waals surface area contributed by atoms with Crippen molar-refractivity contribution in [2.24, 2.45) is 0 Å². The Morgan fingerprint density at radius 1 is 1.16 bits per heavy atom. The van der Waals surface area contributed by atoms with E-state index in [0.717, 1.165) is 16.7 Å². The molecule has 3 heterocycles. The first-order chi connectivity index (χ1) is 14.6. The van der Waals surface area contributed by atoms with Gasteiger partial charge in [-0.05, 0) is 24.3 Å². The van der Waals surface area contributed by atoms with Gasteiger partial charge in [-0.3, -0.25) is 4.79 Å². The van der Waals surface area contributed by atoms with Gasteiger partial charge in [0.15, 0.2) is 5.65 Å². The van der Waals surface area contributed by atoms with E-state index in [-0.39, 0.29) is 39.6 Å². The number of hydrogen-bond acceptors (Lipinski definition) is 6. The van der Waals surface area contributed by atoms with E-state index in [0.29, 0.717) is 11.3 Å². The number of hydrogen-bond donors (Lipinski definition) is 2. The van der Waals surface area contributed by atoms with Crippen LogP contribution in [0.2, 0.25) is 10.0 Å². The Hall–Kier alpha value is -3.31. The number of nitrogens with zero attached hydrogens (tertiary/aromatic N) is 4. The zero-order valence-electron chi connectivity index (χ0n) is 15.1. The van der Waals surface area contributed by atoms with Gasteiger partial charge >= 0.3 is 12.1 Å². The van der Waals surface area contributed by atoms with Crippen LogP contribution in [0, 0.1) is 0 Å². The lowest BCUT2D eigenvalue weighted by Gasteiger charge is -2.07. The van der Waals surface area contributed by atoms with Crippen LogP contribution in [0.15, 0.2) is 41.2 Å². The van der Waals surface area contributed by atoms with Gasteiger partial charge in [0.1, 0.15) is 12.2 Å². The molecule has 31 heavy (non-hydrogen) atoms. The summed E-state index contributed by atoms with van der Waals surface area (Å²) in [6.45, 7) is -0.283. The predicted molar refractivity (Wildman–Crippen MR) is 105 cm³/mol. The Kier molecular flexibility index (Phi) is 5.23. The summed E-state index contributed by atoms with van der Waals surface area (Å²) in [6.07, 6.45) is -2.43. The topological polar surface area (TPSA) is 106 Å². The number of carbonyl (C=O) groups is 1. The lowest BCUT2D eigenvalue weighted by atomic mass is 10.2. The molecule has 0 saturated carbocycles. The molecule has 2 N–H and O–H groups in total. The van der Waals surface area contributed by atoms with Gasteiger partial charge in [-0.2, -0.15) is 18.2 Å². The van der Waals surface area contributed by atoms with E-state index in [4.69, 9.17) is 32.8 Å². The maximum absolute atomic E-state index is 13.0. The molecule has 4 aromatic rings. The maximum atomic E-state index is 13.0. The molecule has 0 atom stereocenters. The average molecular weight is 472 g/mol. The summed E-state index contributed by atoms with van der Waals surface area (Å²) >= 11 is 12.2. The van der Waals surface area contributed by atoms with Gasteiger partial charge in [-0.1, -0.05) is 28.4 Å². The molecule has 0 aliphatic rings. The number of anilines is 1. The number of aromatic nitrogens is 4. The molecule has 0 bridgehead atoms. The SMILES string of the molecule is O=C(O)CNc1ccc(-c2noc(-c3cn4cc(C(F)(F)F)cc(Cl)c4n3)n2)c(Cl)c1. The molecule has 0 amide bonds. The largest absolute Gasteiger partial charge is 0.480 e. The van der Waals surface area contributed by atoms with Crippen LogP contribution in [0.3, 0.4) is 0 Å². The highest BCUT2D eigenvalue weighted by atomic mass is 35.5. The monoisotopic (exact) mass is 471 g/mol. The highest BCUT2D eigenvalue weighted by Crippen LogP contribution is 2.34. The van der Waals surface area contributed by atoms with Crippen LogP contribution in [0.25, 0.3) is 28.6 Å². The second-order valence-corrected chi connectivity index (χ2v) is 7.11. The molecular weight excluding hydrogens is 462 g/mol. The third-order valence-corrected chi connectivity index (χ3v) is 4.72. The van der Waals surface area contributed by atoms with Crippen molar-refractivity contribution in [3.05, 3.63) is 52.3 Å². The fourth-order valence-electron chi connectivity index (χ4n) is 2.74. The number of pyridine rings is 1. The van der Waals surface area contributed by atoms with Crippen LogP contribution in [-0.2, 0) is 11.0 Å². The van der Waals surface area contributed by atoms with Gasteiger partial charge in [0.2, 0.25) is 5.82 Å². The van der Waals surface area contributed by atoms with Gasteiger partial charge in [0, 0.05) is 23.6 Å². The van der Waals surface area contributed by atoms with Gasteiger partial charge in [-0.15, -0.1) is 0 Å². The van der Waals surface area contributed by atoms with Crippen LogP contribution in [0.1, 0.15) is 5.56 Å². The number of carboxylic acid groups (broad SMARTS) is 1. The number of carboxylic acids is 1.